The topological polar surface area (TPSA) is 17.1 Å². The molecule has 0 N–H and O–H groups in total. The molecule has 0 fully saturated rings. The summed E-state index contributed by atoms with van der Waals surface area (Å²) in [5.74, 6) is 0.993. The molecule has 0 unspecified atom stereocenters. The summed E-state index contributed by atoms with van der Waals surface area (Å²) in [5.41, 5.74) is 1.08. The summed E-state index contributed by atoms with van der Waals surface area (Å²) in [6, 6.07) is 0. The number of allylic oxidation sites excluding steroid dienone is 1. The largest absolute Gasteiger partial charge is 0.282 e. The number of thioether (sulfide) groups is 1. The van der Waals surface area contributed by atoms with E-state index in [2.05, 4.69) is 13.0 Å². The molecule has 0 aliphatic heterocycles. The summed E-state index contributed by atoms with van der Waals surface area (Å²) in [7, 11) is 0. The number of carbonyl (C=O) groups excluding carboxylic acids is 1. The normalized spacial score (nSPS) is 16.8. The second-order valence-corrected chi connectivity index (χ2v) is 4.53. The van der Waals surface area contributed by atoms with Crippen LogP contribution >= 0.6 is 11.8 Å². The van der Waals surface area contributed by atoms with E-state index >= 15 is 0 Å². The minimum atomic E-state index is 0.327. The Morgan fingerprint density at radius 1 is 1.54 bits per heavy atom. The molecule has 1 aliphatic carbocycles. The fraction of sp³-hybridized carbons (Fsp3) is 0.727. The summed E-state index contributed by atoms with van der Waals surface area (Å²) in [6.07, 6.45) is 9.05. The second kappa shape index (κ2) is 6.25. The molecular weight excluding hydrogens is 180 g/mol. The Morgan fingerprint density at radius 2 is 2.38 bits per heavy atom. The lowest BCUT2D eigenvalue weighted by Crippen LogP contribution is -2.02. The van der Waals surface area contributed by atoms with Gasteiger partial charge in [0.2, 0.25) is 5.12 Å². The van der Waals surface area contributed by atoms with Crippen LogP contribution in [0.25, 0.3) is 0 Å². The van der Waals surface area contributed by atoms with Crippen LogP contribution in [0.15, 0.2) is 11.6 Å². The fourth-order valence-electron chi connectivity index (χ4n) is 1.43. The summed E-state index contributed by atoms with van der Waals surface area (Å²) in [6.45, 7) is 2.16. The highest BCUT2D eigenvalue weighted by molar-refractivity contribution is 8.14. The van der Waals surface area contributed by atoms with E-state index in [1.807, 2.05) is 0 Å². The lowest BCUT2D eigenvalue weighted by atomic mass is 10.0. The van der Waals surface area contributed by atoms with Gasteiger partial charge in [-0.3, -0.25) is 4.79 Å². The smallest absolute Gasteiger partial charge is 0.215 e. The molecule has 0 radical (unpaired) electrons. The molecule has 0 saturated carbocycles. The Labute approximate surface area is 85.0 Å². The van der Waals surface area contributed by atoms with Gasteiger partial charge in [0.15, 0.2) is 0 Å². The molecule has 74 valence electrons. The first-order valence-corrected chi connectivity index (χ1v) is 6.19. The molecule has 0 saturated heterocycles. The van der Waals surface area contributed by atoms with E-state index in [0.717, 1.165) is 30.6 Å². The van der Waals surface area contributed by atoms with E-state index in [-0.39, 0.29) is 0 Å². The van der Waals surface area contributed by atoms with Crippen molar-refractivity contribution in [3.8, 4) is 0 Å². The standard InChI is InChI=1S/C11H18OS/c1-2-3-9-13-11(12)10-7-5-4-6-8-10/h7H,2-6,8-9H2,1H3. The maximum Gasteiger partial charge on any atom is 0.215 e. The Hall–Kier alpha value is -0.240. The minimum Gasteiger partial charge on any atom is -0.282 e. The van der Waals surface area contributed by atoms with Crippen molar-refractivity contribution in [2.45, 2.75) is 45.4 Å². The van der Waals surface area contributed by atoms with Crippen molar-refractivity contribution in [1.29, 1.82) is 0 Å². The van der Waals surface area contributed by atoms with Gasteiger partial charge >= 0.3 is 0 Å². The second-order valence-electron chi connectivity index (χ2n) is 3.46. The van der Waals surface area contributed by atoms with Crippen molar-refractivity contribution >= 4 is 16.9 Å². The number of hydrogen-bond donors (Lipinski definition) is 0. The van der Waals surface area contributed by atoms with Crippen LogP contribution in [0.5, 0.6) is 0 Å². The highest BCUT2D eigenvalue weighted by Gasteiger charge is 2.11. The average molecular weight is 198 g/mol. The van der Waals surface area contributed by atoms with Crippen LogP contribution in [0.4, 0.5) is 0 Å². The molecule has 0 atom stereocenters. The number of carbonyl (C=O) groups is 1. The molecule has 1 aliphatic rings. The van der Waals surface area contributed by atoms with Gasteiger partial charge in [-0.15, -0.1) is 0 Å². The van der Waals surface area contributed by atoms with Crippen LogP contribution in [0, 0.1) is 0 Å². The summed E-state index contributed by atoms with van der Waals surface area (Å²) in [5, 5.41) is 0.327. The third kappa shape index (κ3) is 3.99. The fourth-order valence-corrected chi connectivity index (χ4v) is 2.41. The van der Waals surface area contributed by atoms with Crippen molar-refractivity contribution in [3.63, 3.8) is 0 Å². The summed E-state index contributed by atoms with van der Waals surface area (Å²) in [4.78, 5) is 11.6. The third-order valence-corrected chi connectivity index (χ3v) is 3.30. The molecular formula is C11H18OS. The van der Waals surface area contributed by atoms with Gasteiger partial charge in [0, 0.05) is 11.3 Å². The van der Waals surface area contributed by atoms with Crippen molar-refractivity contribution in [2.75, 3.05) is 5.75 Å². The van der Waals surface area contributed by atoms with Crippen molar-refractivity contribution in [2.24, 2.45) is 0 Å². The van der Waals surface area contributed by atoms with Gasteiger partial charge in [-0.2, -0.15) is 0 Å². The third-order valence-electron chi connectivity index (χ3n) is 2.28. The molecule has 0 heterocycles. The number of unbranched alkanes of at least 4 members (excludes halogenated alkanes) is 1. The number of hydrogen-bond acceptors (Lipinski definition) is 2. The van der Waals surface area contributed by atoms with Crippen LogP contribution in [-0.2, 0) is 4.79 Å². The monoisotopic (exact) mass is 198 g/mol. The van der Waals surface area contributed by atoms with E-state index in [1.54, 1.807) is 0 Å². The first-order valence-electron chi connectivity index (χ1n) is 5.20. The van der Waals surface area contributed by atoms with Crippen molar-refractivity contribution in [3.05, 3.63) is 11.6 Å². The van der Waals surface area contributed by atoms with Gasteiger partial charge < -0.3 is 0 Å². The van der Waals surface area contributed by atoms with Crippen LogP contribution in [0.2, 0.25) is 0 Å². The molecule has 0 spiro atoms. The lowest BCUT2D eigenvalue weighted by molar-refractivity contribution is -0.108. The van der Waals surface area contributed by atoms with E-state index in [9.17, 15) is 4.79 Å². The lowest BCUT2D eigenvalue weighted by Gasteiger charge is -2.10. The Balaban J connectivity index is 2.25. The predicted octanol–water partition coefficient (Wildman–Crippen LogP) is 3.55. The molecule has 0 aromatic carbocycles. The maximum absolute atomic E-state index is 11.6. The average Bonchev–Trinajstić information content (AvgIpc) is 2.19. The highest BCUT2D eigenvalue weighted by Crippen LogP contribution is 2.22. The van der Waals surface area contributed by atoms with Gasteiger partial charge in [0.05, 0.1) is 0 Å². The van der Waals surface area contributed by atoms with Crippen molar-refractivity contribution < 1.29 is 4.79 Å². The maximum atomic E-state index is 11.6. The highest BCUT2D eigenvalue weighted by atomic mass is 32.2. The van der Waals surface area contributed by atoms with E-state index in [1.165, 1.54) is 31.0 Å². The van der Waals surface area contributed by atoms with Gasteiger partial charge in [-0.1, -0.05) is 31.2 Å². The first kappa shape index (κ1) is 10.8. The number of rotatable bonds is 4. The van der Waals surface area contributed by atoms with Gasteiger partial charge in [-0.05, 0) is 32.1 Å². The van der Waals surface area contributed by atoms with Gasteiger partial charge in [0.25, 0.3) is 0 Å². The van der Waals surface area contributed by atoms with E-state index in [4.69, 9.17) is 0 Å². The molecule has 0 aromatic rings. The quantitative estimate of drug-likeness (QED) is 0.643. The minimum absolute atomic E-state index is 0.327. The Bertz CT molecular complexity index is 196. The molecule has 13 heavy (non-hydrogen) atoms. The SMILES string of the molecule is CCCCSC(=O)C1=CCCCC1. The zero-order valence-electron chi connectivity index (χ0n) is 8.34. The van der Waals surface area contributed by atoms with Crippen LogP contribution in [0.3, 0.4) is 0 Å². The van der Waals surface area contributed by atoms with Gasteiger partial charge in [0.1, 0.15) is 0 Å². The molecule has 0 amide bonds. The van der Waals surface area contributed by atoms with Crippen LogP contribution in [0.1, 0.15) is 45.4 Å². The molecule has 1 nitrogen and oxygen atoms in total. The Morgan fingerprint density at radius 3 is 3.00 bits per heavy atom. The summed E-state index contributed by atoms with van der Waals surface area (Å²) >= 11 is 1.50. The zero-order chi connectivity index (χ0) is 9.52. The predicted molar refractivity (Wildman–Crippen MR) is 58.9 cm³/mol. The molecule has 0 aromatic heterocycles. The Kier molecular flexibility index (Phi) is 5.21. The molecule has 1 rings (SSSR count). The van der Waals surface area contributed by atoms with Crippen LogP contribution in [-0.4, -0.2) is 10.9 Å². The van der Waals surface area contributed by atoms with Crippen LogP contribution < -0.4 is 0 Å². The van der Waals surface area contributed by atoms with E-state index < -0.39 is 0 Å². The van der Waals surface area contributed by atoms with Gasteiger partial charge in [-0.25, -0.2) is 0 Å². The zero-order valence-corrected chi connectivity index (χ0v) is 9.16. The van der Waals surface area contributed by atoms with Crippen molar-refractivity contribution in [1.82, 2.24) is 0 Å². The molecule has 2 heteroatoms. The first-order chi connectivity index (χ1) is 6.34. The summed E-state index contributed by atoms with van der Waals surface area (Å²) < 4.78 is 0. The van der Waals surface area contributed by atoms with E-state index in [0.29, 0.717) is 5.12 Å². The molecule has 0 bridgehead atoms.